The van der Waals surface area contributed by atoms with Crippen LogP contribution in [0.2, 0.25) is 0 Å². The molecule has 0 radical (unpaired) electrons. The van der Waals surface area contributed by atoms with Crippen molar-refractivity contribution in [1.82, 2.24) is 9.80 Å². The molecule has 2 saturated heterocycles. The topological polar surface area (TPSA) is 60.5 Å². The lowest BCUT2D eigenvalue weighted by molar-refractivity contribution is -0.146. The van der Waals surface area contributed by atoms with Crippen molar-refractivity contribution in [3.05, 3.63) is 35.9 Å². The number of rotatable bonds is 9. The maximum absolute atomic E-state index is 13.3. The van der Waals surface area contributed by atoms with E-state index in [0.29, 0.717) is 19.0 Å². The number of ether oxygens (including phenoxy) is 4. The summed E-state index contributed by atoms with van der Waals surface area (Å²) in [6, 6.07) is 5.94. The fourth-order valence-corrected chi connectivity index (χ4v) is 7.33. The molecule has 2 aliphatic heterocycles. The molecular weight excluding hydrogens is 468 g/mol. The molecule has 0 aromatic heterocycles. The van der Waals surface area contributed by atoms with E-state index in [0.717, 1.165) is 75.7 Å². The summed E-state index contributed by atoms with van der Waals surface area (Å²) in [5.41, 5.74) is 2.68. The minimum absolute atomic E-state index is 0.0168. The first-order valence-corrected chi connectivity index (χ1v) is 14.0. The summed E-state index contributed by atoms with van der Waals surface area (Å²) in [7, 11) is 3.39. The van der Waals surface area contributed by atoms with Crippen molar-refractivity contribution >= 4 is 5.97 Å². The van der Waals surface area contributed by atoms with Crippen LogP contribution in [0.1, 0.15) is 44.6 Å². The number of esters is 1. The molecule has 4 fully saturated rings. The second-order valence-electron chi connectivity index (χ2n) is 11.8. The number of nitrogens with zero attached hydrogens (tertiary/aromatic N) is 2. The monoisotopic (exact) mass is 512 g/mol. The summed E-state index contributed by atoms with van der Waals surface area (Å²) in [6.45, 7) is 13.5. The summed E-state index contributed by atoms with van der Waals surface area (Å²) >= 11 is 0. The Morgan fingerprint density at radius 3 is 2.78 bits per heavy atom. The Bertz CT molecular complexity index is 977. The Labute approximate surface area is 222 Å². The standard InChI is InChI=1S/C30H44N2O5/c1-21-6-5-9-30(2)18-28-24(17-26(21)30)25(29(33)37-28)20-32(11-10-31-12-14-36-15-13-31)19-22-16-23(34-3)7-8-27(22)35-4/h7-8,16,24-26,28H,1,5-6,9-15,17-20H2,2-4H3/t24-,25?,26?,28-,30-/m1/s1. The largest absolute Gasteiger partial charge is 0.497 e. The molecule has 1 aromatic carbocycles. The summed E-state index contributed by atoms with van der Waals surface area (Å²) in [5.74, 6) is 2.29. The van der Waals surface area contributed by atoms with Crippen molar-refractivity contribution in [2.45, 2.75) is 51.7 Å². The highest BCUT2D eigenvalue weighted by Gasteiger charge is 2.55. The van der Waals surface area contributed by atoms with Crippen LogP contribution in [0.5, 0.6) is 11.5 Å². The van der Waals surface area contributed by atoms with Gasteiger partial charge in [0.1, 0.15) is 17.6 Å². The van der Waals surface area contributed by atoms with E-state index in [1.807, 2.05) is 12.1 Å². The number of morpholine rings is 1. The fraction of sp³-hybridized carbons (Fsp3) is 0.700. The fourth-order valence-electron chi connectivity index (χ4n) is 7.33. The lowest BCUT2D eigenvalue weighted by atomic mass is 9.55. The molecule has 7 heteroatoms. The predicted molar refractivity (Wildman–Crippen MR) is 143 cm³/mol. The molecular formula is C30H44N2O5. The van der Waals surface area contributed by atoms with Crippen LogP contribution in [-0.4, -0.2) is 82.0 Å². The zero-order valence-corrected chi connectivity index (χ0v) is 22.9. The number of methoxy groups -OCH3 is 2. The third kappa shape index (κ3) is 5.69. The Morgan fingerprint density at radius 2 is 2.03 bits per heavy atom. The minimum Gasteiger partial charge on any atom is -0.497 e. The summed E-state index contributed by atoms with van der Waals surface area (Å²) in [5, 5.41) is 0. The molecule has 1 aromatic rings. The molecule has 2 aliphatic carbocycles. The highest BCUT2D eigenvalue weighted by Crippen LogP contribution is 2.57. The number of carbonyl (C=O) groups is 1. The van der Waals surface area contributed by atoms with Gasteiger partial charge in [0, 0.05) is 50.7 Å². The Morgan fingerprint density at radius 1 is 1.22 bits per heavy atom. The highest BCUT2D eigenvalue weighted by molar-refractivity contribution is 5.75. The zero-order valence-electron chi connectivity index (χ0n) is 22.9. The van der Waals surface area contributed by atoms with Gasteiger partial charge in [0.2, 0.25) is 0 Å². The molecule has 5 atom stereocenters. The van der Waals surface area contributed by atoms with Gasteiger partial charge in [0.15, 0.2) is 0 Å². The third-order valence-corrected chi connectivity index (χ3v) is 9.49. The van der Waals surface area contributed by atoms with Gasteiger partial charge in [-0.05, 0) is 61.6 Å². The third-order valence-electron chi connectivity index (χ3n) is 9.49. The molecule has 2 unspecified atom stereocenters. The number of fused-ring (bicyclic) bond motifs is 2. The molecule has 37 heavy (non-hydrogen) atoms. The van der Waals surface area contributed by atoms with Gasteiger partial charge in [-0.3, -0.25) is 14.6 Å². The second kappa shape index (κ2) is 11.3. The van der Waals surface area contributed by atoms with Crippen LogP contribution in [-0.2, 0) is 20.8 Å². The first-order valence-electron chi connectivity index (χ1n) is 14.0. The van der Waals surface area contributed by atoms with E-state index in [4.69, 9.17) is 18.9 Å². The number of carbonyl (C=O) groups excluding carboxylic acids is 1. The van der Waals surface area contributed by atoms with Crippen molar-refractivity contribution in [1.29, 1.82) is 0 Å². The van der Waals surface area contributed by atoms with E-state index < -0.39 is 0 Å². The molecule has 5 rings (SSSR count). The average molecular weight is 513 g/mol. The maximum atomic E-state index is 13.3. The Hall–Kier alpha value is -2.09. The van der Waals surface area contributed by atoms with Gasteiger partial charge in [0.25, 0.3) is 0 Å². The number of hydrogen-bond donors (Lipinski definition) is 0. The first kappa shape index (κ1) is 26.5. The van der Waals surface area contributed by atoms with Gasteiger partial charge in [-0.2, -0.15) is 0 Å². The molecule has 2 saturated carbocycles. The van der Waals surface area contributed by atoms with Crippen molar-refractivity contribution < 1.29 is 23.7 Å². The maximum Gasteiger partial charge on any atom is 0.310 e. The average Bonchev–Trinajstić information content (AvgIpc) is 3.19. The number of hydrogen-bond acceptors (Lipinski definition) is 7. The molecule has 0 N–H and O–H groups in total. The lowest BCUT2D eigenvalue weighted by Crippen LogP contribution is -2.46. The SMILES string of the molecule is C=C1CCC[C@]2(C)C[C@H]3OC(=O)C(CN(CCN4CCOCC4)Cc4cc(OC)ccc4OC)[C@H]3CC12. The van der Waals surface area contributed by atoms with Crippen molar-refractivity contribution in [2.24, 2.45) is 23.2 Å². The molecule has 204 valence electrons. The van der Waals surface area contributed by atoms with Crippen LogP contribution in [0, 0.1) is 23.2 Å². The van der Waals surface area contributed by atoms with Crippen molar-refractivity contribution in [3.63, 3.8) is 0 Å². The molecule has 2 heterocycles. The van der Waals surface area contributed by atoms with Crippen LogP contribution in [0.4, 0.5) is 0 Å². The van der Waals surface area contributed by atoms with Crippen LogP contribution in [0.25, 0.3) is 0 Å². The van der Waals surface area contributed by atoms with E-state index in [1.165, 1.54) is 18.4 Å². The van der Waals surface area contributed by atoms with E-state index in [-0.39, 0.29) is 29.3 Å². The van der Waals surface area contributed by atoms with Gasteiger partial charge < -0.3 is 18.9 Å². The van der Waals surface area contributed by atoms with Gasteiger partial charge in [0.05, 0.1) is 33.4 Å². The van der Waals surface area contributed by atoms with Gasteiger partial charge in [-0.1, -0.05) is 19.1 Å². The second-order valence-corrected chi connectivity index (χ2v) is 11.8. The van der Waals surface area contributed by atoms with Crippen molar-refractivity contribution in [2.75, 3.05) is 60.2 Å². The first-order chi connectivity index (χ1) is 17.9. The molecule has 0 bridgehead atoms. The normalized spacial score (nSPS) is 32.1. The highest BCUT2D eigenvalue weighted by atomic mass is 16.6. The van der Waals surface area contributed by atoms with E-state index in [9.17, 15) is 4.79 Å². The Balaban J connectivity index is 1.35. The smallest absolute Gasteiger partial charge is 0.310 e. The molecule has 0 amide bonds. The summed E-state index contributed by atoms with van der Waals surface area (Å²) < 4.78 is 22.8. The van der Waals surface area contributed by atoms with E-state index in [2.05, 4.69) is 29.4 Å². The molecule has 4 aliphatic rings. The van der Waals surface area contributed by atoms with Crippen LogP contribution in [0.3, 0.4) is 0 Å². The van der Waals surface area contributed by atoms with Crippen LogP contribution in [0.15, 0.2) is 30.4 Å². The molecule has 7 nitrogen and oxygen atoms in total. The van der Waals surface area contributed by atoms with Gasteiger partial charge in [-0.15, -0.1) is 0 Å². The number of allylic oxidation sites excluding steroid dienone is 1. The van der Waals surface area contributed by atoms with Crippen molar-refractivity contribution in [3.8, 4) is 11.5 Å². The van der Waals surface area contributed by atoms with E-state index in [1.54, 1.807) is 14.2 Å². The lowest BCUT2D eigenvalue weighted by Gasteiger charge is -2.50. The van der Waals surface area contributed by atoms with Gasteiger partial charge >= 0.3 is 5.97 Å². The Kier molecular flexibility index (Phi) is 8.13. The number of benzene rings is 1. The quantitative estimate of drug-likeness (QED) is 0.364. The summed E-state index contributed by atoms with van der Waals surface area (Å²) in [4.78, 5) is 18.2. The summed E-state index contributed by atoms with van der Waals surface area (Å²) in [6.07, 6.45) is 5.58. The molecule has 0 spiro atoms. The van der Waals surface area contributed by atoms with E-state index >= 15 is 0 Å². The van der Waals surface area contributed by atoms with Crippen LogP contribution < -0.4 is 9.47 Å². The van der Waals surface area contributed by atoms with Crippen LogP contribution >= 0.6 is 0 Å². The predicted octanol–water partition coefficient (Wildman–Crippen LogP) is 4.15. The minimum atomic E-state index is -0.106. The van der Waals surface area contributed by atoms with Gasteiger partial charge in [-0.25, -0.2) is 0 Å². The zero-order chi connectivity index (χ0) is 26.0.